The highest BCUT2D eigenvalue weighted by Gasteiger charge is 2.47. The van der Waals surface area contributed by atoms with Crippen molar-refractivity contribution in [2.75, 3.05) is 29.5 Å². The van der Waals surface area contributed by atoms with Gasteiger partial charge < -0.3 is 19.8 Å². The Hall–Kier alpha value is -4.26. The van der Waals surface area contributed by atoms with E-state index in [9.17, 15) is 19.8 Å². The number of amides is 1. The highest BCUT2D eigenvalue weighted by Crippen LogP contribution is 2.43. The van der Waals surface area contributed by atoms with Crippen LogP contribution in [0.3, 0.4) is 0 Å². The maximum Gasteiger partial charge on any atom is 0.300 e. The predicted molar refractivity (Wildman–Crippen MR) is 152 cm³/mol. The Morgan fingerprint density at radius 3 is 2.21 bits per heavy atom. The number of phenols is 1. The number of nitrogens with zero attached hydrogens (tertiary/aromatic N) is 2. The Morgan fingerprint density at radius 1 is 0.949 bits per heavy atom. The lowest BCUT2D eigenvalue weighted by molar-refractivity contribution is -0.132. The summed E-state index contributed by atoms with van der Waals surface area (Å²) in [6.07, 6.45) is 2.31. The van der Waals surface area contributed by atoms with Crippen molar-refractivity contribution in [3.05, 3.63) is 89.0 Å². The lowest BCUT2D eigenvalue weighted by atomic mass is 9.94. The van der Waals surface area contributed by atoms with Crippen LogP contribution in [-0.2, 0) is 9.59 Å². The number of aryl methyl sites for hydroxylation is 1. The van der Waals surface area contributed by atoms with Crippen LogP contribution in [0.4, 0.5) is 11.4 Å². The third kappa shape index (κ3) is 5.21. The Labute approximate surface area is 228 Å². The number of carbonyl (C=O) groups is 2. The number of aliphatic hydroxyl groups excluding tert-OH is 1. The van der Waals surface area contributed by atoms with Gasteiger partial charge in [0.15, 0.2) is 0 Å². The average molecular weight is 527 g/mol. The molecule has 0 aromatic heterocycles. The maximum atomic E-state index is 13.5. The number of Topliss-reactive ketones (excluding diaryl/α,β-unsaturated/α-hetero) is 1. The summed E-state index contributed by atoms with van der Waals surface area (Å²) in [6.45, 7) is 8.57. The van der Waals surface area contributed by atoms with Crippen LogP contribution >= 0.6 is 0 Å². The van der Waals surface area contributed by atoms with E-state index in [1.54, 1.807) is 30.3 Å². The molecule has 0 radical (unpaired) electrons. The number of benzene rings is 3. The van der Waals surface area contributed by atoms with Gasteiger partial charge in [-0.2, -0.15) is 0 Å². The molecule has 7 heteroatoms. The van der Waals surface area contributed by atoms with E-state index in [1.165, 1.54) is 17.0 Å². The van der Waals surface area contributed by atoms with Crippen LogP contribution in [0.2, 0.25) is 0 Å². The van der Waals surface area contributed by atoms with Crippen molar-refractivity contribution in [1.29, 1.82) is 0 Å². The van der Waals surface area contributed by atoms with Gasteiger partial charge in [-0.3, -0.25) is 14.5 Å². The molecular formula is C32H34N2O5. The molecule has 2 aliphatic rings. The third-order valence-corrected chi connectivity index (χ3v) is 7.27. The van der Waals surface area contributed by atoms with Crippen LogP contribution in [-0.4, -0.2) is 41.6 Å². The number of anilines is 2. The van der Waals surface area contributed by atoms with Gasteiger partial charge >= 0.3 is 0 Å². The summed E-state index contributed by atoms with van der Waals surface area (Å²) in [5.41, 5.74) is 3.48. The van der Waals surface area contributed by atoms with Crippen LogP contribution < -0.4 is 14.5 Å². The summed E-state index contributed by atoms with van der Waals surface area (Å²) in [5.74, 6) is -0.583. The van der Waals surface area contributed by atoms with Crippen LogP contribution in [0.1, 0.15) is 49.4 Å². The molecule has 7 nitrogen and oxygen atoms in total. The van der Waals surface area contributed by atoms with Gasteiger partial charge in [-0.15, -0.1) is 0 Å². The molecule has 2 heterocycles. The third-order valence-electron chi connectivity index (χ3n) is 7.27. The fraction of sp³-hybridized carbons (Fsp3) is 0.312. The summed E-state index contributed by atoms with van der Waals surface area (Å²) in [4.78, 5) is 30.7. The Morgan fingerprint density at radius 2 is 1.59 bits per heavy atom. The van der Waals surface area contributed by atoms with E-state index >= 15 is 0 Å². The molecule has 3 aromatic carbocycles. The minimum atomic E-state index is -0.861. The second-order valence-electron chi connectivity index (χ2n) is 10.7. The second kappa shape index (κ2) is 10.8. The maximum absolute atomic E-state index is 13.5. The zero-order valence-electron chi connectivity index (χ0n) is 22.6. The van der Waals surface area contributed by atoms with Crippen molar-refractivity contribution in [2.45, 2.75) is 39.7 Å². The first kappa shape index (κ1) is 26.4. The molecule has 2 fully saturated rings. The first-order valence-corrected chi connectivity index (χ1v) is 13.4. The zero-order chi connectivity index (χ0) is 27.7. The smallest absolute Gasteiger partial charge is 0.300 e. The van der Waals surface area contributed by atoms with Crippen molar-refractivity contribution in [2.24, 2.45) is 5.92 Å². The molecule has 2 saturated heterocycles. The molecule has 0 saturated carbocycles. The number of hydrogen-bond donors (Lipinski definition) is 2. The van der Waals surface area contributed by atoms with Gasteiger partial charge in [-0.05, 0) is 91.4 Å². The number of carbonyl (C=O) groups excluding carboxylic acids is 2. The molecular weight excluding hydrogens is 492 g/mol. The number of ether oxygens (including phenoxy) is 1. The number of aliphatic hydroxyl groups is 1. The molecule has 202 valence electrons. The van der Waals surface area contributed by atoms with E-state index in [-0.39, 0.29) is 17.1 Å². The van der Waals surface area contributed by atoms with Crippen LogP contribution in [0.15, 0.2) is 72.3 Å². The molecule has 1 unspecified atom stereocenters. The molecule has 0 aliphatic carbocycles. The molecule has 2 aliphatic heterocycles. The SMILES string of the molecule is Cc1cc(/C(O)=C2/C(=O)C(=O)N(c3ccc(N4CCCC4)cc3)C2c2ccc(O)cc2)ccc1OCC(C)C. The van der Waals surface area contributed by atoms with E-state index in [1.807, 2.05) is 31.2 Å². The normalized spacial score (nSPS) is 18.8. The monoisotopic (exact) mass is 526 g/mol. The molecule has 2 N–H and O–H groups in total. The first-order valence-electron chi connectivity index (χ1n) is 13.4. The van der Waals surface area contributed by atoms with Crippen LogP contribution in [0.5, 0.6) is 11.5 Å². The van der Waals surface area contributed by atoms with Crippen molar-refractivity contribution in [1.82, 2.24) is 0 Å². The Bertz CT molecular complexity index is 1400. The summed E-state index contributed by atoms with van der Waals surface area (Å²) >= 11 is 0. The fourth-order valence-corrected chi connectivity index (χ4v) is 5.24. The van der Waals surface area contributed by atoms with E-state index in [0.717, 1.165) is 37.2 Å². The molecule has 0 bridgehead atoms. The highest BCUT2D eigenvalue weighted by atomic mass is 16.5. The minimum absolute atomic E-state index is 0.00422. The van der Waals surface area contributed by atoms with Gasteiger partial charge in [0.1, 0.15) is 17.3 Å². The van der Waals surface area contributed by atoms with Crippen LogP contribution in [0, 0.1) is 12.8 Å². The molecule has 0 spiro atoms. The number of ketones is 1. The predicted octanol–water partition coefficient (Wildman–Crippen LogP) is 5.96. The summed E-state index contributed by atoms with van der Waals surface area (Å²) in [7, 11) is 0. The lowest BCUT2D eigenvalue weighted by Crippen LogP contribution is -2.29. The van der Waals surface area contributed by atoms with Crippen molar-refractivity contribution < 1.29 is 24.5 Å². The summed E-state index contributed by atoms with van der Waals surface area (Å²) in [5, 5.41) is 21.3. The molecule has 3 aromatic rings. The van der Waals surface area contributed by atoms with E-state index in [2.05, 4.69) is 18.7 Å². The molecule has 1 amide bonds. The van der Waals surface area contributed by atoms with Gasteiger partial charge in [0.05, 0.1) is 18.2 Å². The van der Waals surface area contributed by atoms with Gasteiger partial charge in [0, 0.05) is 30.0 Å². The quantitative estimate of drug-likeness (QED) is 0.224. The van der Waals surface area contributed by atoms with Gasteiger partial charge in [-0.1, -0.05) is 26.0 Å². The summed E-state index contributed by atoms with van der Waals surface area (Å²) < 4.78 is 5.87. The van der Waals surface area contributed by atoms with Gasteiger partial charge in [0.2, 0.25) is 0 Å². The Balaban J connectivity index is 1.57. The highest BCUT2D eigenvalue weighted by molar-refractivity contribution is 6.51. The standard InChI is InChI=1S/C32H34N2O5/c1-20(2)19-39-27-15-8-23(18-21(27)3)30(36)28-29(22-6-13-26(35)14-7-22)34(32(38)31(28)37)25-11-9-24(10-12-25)33-16-4-5-17-33/h6-15,18,20,29,35-36H,4-5,16-17,19H2,1-3H3/b30-28-. The Kier molecular flexibility index (Phi) is 7.33. The van der Waals surface area contributed by atoms with Gasteiger partial charge in [-0.25, -0.2) is 0 Å². The van der Waals surface area contributed by atoms with E-state index in [0.29, 0.717) is 35.1 Å². The fourth-order valence-electron chi connectivity index (χ4n) is 5.24. The largest absolute Gasteiger partial charge is 0.508 e. The zero-order valence-corrected chi connectivity index (χ0v) is 22.6. The first-order chi connectivity index (χ1) is 18.7. The number of hydrogen-bond acceptors (Lipinski definition) is 6. The van der Waals surface area contributed by atoms with Crippen molar-refractivity contribution in [3.63, 3.8) is 0 Å². The average Bonchev–Trinajstić information content (AvgIpc) is 3.55. The molecule has 1 atom stereocenters. The number of aromatic hydroxyl groups is 1. The van der Waals surface area contributed by atoms with Crippen LogP contribution in [0.25, 0.3) is 5.76 Å². The number of phenolic OH excluding ortho intramolecular Hbond substituents is 1. The van der Waals surface area contributed by atoms with Crippen molar-refractivity contribution >= 4 is 28.8 Å². The topological polar surface area (TPSA) is 90.3 Å². The van der Waals surface area contributed by atoms with E-state index in [4.69, 9.17) is 4.74 Å². The van der Waals surface area contributed by atoms with Crippen molar-refractivity contribution in [3.8, 4) is 11.5 Å². The lowest BCUT2D eigenvalue weighted by Gasteiger charge is -2.26. The summed E-state index contributed by atoms with van der Waals surface area (Å²) in [6, 6.07) is 18.3. The second-order valence-corrected chi connectivity index (χ2v) is 10.7. The van der Waals surface area contributed by atoms with Gasteiger partial charge in [0.25, 0.3) is 11.7 Å². The minimum Gasteiger partial charge on any atom is -0.508 e. The number of rotatable bonds is 7. The molecule has 39 heavy (non-hydrogen) atoms. The van der Waals surface area contributed by atoms with E-state index < -0.39 is 17.7 Å². The molecule has 5 rings (SSSR count).